The predicted molar refractivity (Wildman–Crippen MR) is 282 cm³/mol. The minimum Gasteiger partial charge on any atom is -0.466 e. The maximum absolute atomic E-state index is 12.0. The molecule has 64 heavy (non-hydrogen) atoms. The maximum Gasteiger partial charge on any atom is 0.306 e. The van der Waals surface area contributed by atoms with E-state index in [-0.39, 0.29) is 22.2 Å². The van der Waals surface area contributed by atoms with E-state index < -0.39 is 0 Å². The number of hydrogen-bond acceptors (Lipinski definition) is 8. The zero-order chi connectivity index (χ0) is 47.4. The average molecular weight is 938 g/mol. The van der Waals surface area contributed by atoms with Crippen LogP contribution in [0.15, 0.2) is 24.3 Å². The molecule has 0 aliphatic heterocycles. The predicted octanol–water partition coefficient (Wildman–Crippen LogP) is 18.1. The van der Waals surface area contributed by atoms with Crippen LogP contribution in [0.25, 0.3) is 0 Å². The summed E-state index contributed by atoms with van der Waals surface area (Å²) in [7, 11) is 0. The number of unbranched alkanes of at least 4 members (excludes halogenated alkanes) is 30. The number of allylic oxidation sites excluding steroid dienone is 3. The Hall–Kier alpha value is -1.54. The molecule has 0 N–H and O–H groups in total. The number of rotatable bonds is 46. The molecule has 0 heterocycles. The topological polar surface area (TPSA) is 86.7 Å². The molecule has 0 aliphatic rings. The summed E-state index contributed by atoms with van der Waals surface area (Å²) >= 11 is 2.45. The first-order valence-corrected chi connectivity index (χ1v) is 29.1. The number of hydrogen-bond donors (Lipinski definition) is 0. The van der Waals surface area contributed by atoms with E-state index in [1.807, 2.05) is 19.1 Å². The fourth-order valence-corrected chi connectivity index (χ4v) is 9.37. The van der Waals surface area contributed by atoms with Gasteiger partial charge in [0, 0.05) is 17.9 Å². The Morgan fingerprint density at radius 1 is 0.453 bits per heavy atom. The lowest BCUT2D eigenvalue weighted by Gasteiger charge is -2.12. The van der Waals surface area contributed by atoms with Crippen LogP contribution < -0.4 is 0 Å². The number of thioether (sulfide) groups is 2. The van der Waals surface area contributed by atoms with E-state index in [2.05, 4.69) is 34.6 Å². The monoisotopic (exact) mass is 937 g/mol. The summed E-state index contributed by atoms with van der Waals surface area (Å²) in [5, 5.41) is 0.178. The van der Waals surface area contributed by atoms with Crippen LogP contribution in [0.5, 0.6) is 0 Å². The maximum atomic E-state index is 12.0. The van der Waals surface area contributed by atoms with E-state index in [0.29, 0.717) is 55.8 Å². The highest BCUT2D eigenvalue weighted by Crippen LogP contribution is 2.20. The van der Waals surface area contributed by atoms with E-state index in [1.165, 1.54) is 198 Å². The third-order valence-electron chi connectivity index (χ3n) is 11.6. The zero-order valence-electron chi connectivity index (χ0n) is 43.0. The van der Waals surface area contributed by atoms with E-state index in [4.69, 9.17) is 9.47 Å². The Balaban J connectivity index is 0. The smallest absolute Gasteiger partial charge is 0.306 e. The molecule has 6 nitrogen and oxygen atoms in total. The molecule has 0 aromatic heterocycles. The van der Waals surface area contributed by atoms with Crippen molar-refractivity contribution in [1.82, 2.24) is 0 Å². The highest BCUT2D eigenvalue weighted by Gasteiger charge is 2.13. The quantitative estimate of drug-likeness (QED) is 0.0258. The molecule has 1 unspecified atom stereocenters. The second kappa shape index (κ2) is 54.1. The van der Waals surface area contributed by atoms with Gasteiger partial charge < -0.3 is 9.47 Å². The zero-order valence-corrected chi connectivity index (χ0v) is 44.6. The van der Waals surface area contributed by atoms with Crippen LogP contribution in [0.3, 0.4) is 0 Å². The van der Waals surface area contributed by atoms with E-state index in [0.717, 1.165) is 43.9 Å². The van der Waals surface area contributed by atoms with Gasteiger partial charge in [0.05, 0.1) is 26.1 Å². The molecule has 8 heteroatoms. The number of carbonyl (C=O) groups excluding carboxylic acids is 4. The van der Waals surface area contributed by atoms with Crippen LogP contribution in [0.1, 0.15) is 273 Å². The standard InChI is InChI=1S/C29H56O3S.C27H48O3S/c1-5-6-7-8-9-10-11-12-13-14-15-16-17-18-19-20-22-32-28(30)21-23-33-29(31)25-27(4)24-26(2)3;1-3-5-7-8-9-10-11-12-13-14-15-16-17-18-19-21-24-30-26(28)23-25-31-27(29)22-20-6-4-2/h26-27H,5-25H2,1-4H3;4,6,20,22H,3,5,7-19,21,23-25H2,1-2H3/b;6-4+,22-20+. The van der Waals surface area contributed by atoms with E-state index >= 15 is 0 Å². The van der Waals surface area contributed by atoms with Gasteiger partial charge in [-0.3, -0.25) is 19.2 Å². The Kier molecular flexibility index (Phi) is 54.5. The lowest BCUT2D eigenvalue weighted by molar-refractivity contribution is -0.144. The van der Waals surface area contributed by atoms with Crippen molar-refractivity contribution in [3.05, 3.63) is 24.3 Å². The van der Waals surface area contributed by atoms with Crippen molar-refractivity contribution in [2.24, 2.45) is 11.8 Å². The molecule has 0 spiro atoms. The van der Waals surface area contributed by atoms with Crippen LogP contribution in [0.4, 0.5) is 0 Å². The summed E-state index contributed by atoms with van der Waals surface area (Å²) < 4.78 is 10.6. The van der Waals surface area contributed by atoms with Gasteiger partial charge in [0.15, 0.2) is 5.12 Å². The minimum atomic E-state index is -0.196. The third-order valence-corrected chi connectivity index (χ3v) is 13.3. The van der Waals surface area contributed by atoms with Gasteiger partial charge in [-0.1, -0.05) is 269 Å². The summed E-state index contributed by atoms with van der Waals surface area (Å²) in [6, 6.07) is 0. The van der Waals surface area contributed by atoms with Crippen LogP contribution >= 0.6 is 23.5 Å². The van der Waals surface area contributed by atoms with Crippen LogP contribution in [-0.4, -0.2) is 46.9 Å². The first-order valence-electron chi connectivity index (χ1n) is 27.1. The van der Waals surface area contributed by atoms with Crippen molar-refractivity contribution in [2.75, 3.05) is 24.7 Å². The van der Waals surface area contributed by atoms with Gasteiger partial charge in [0.25, 0.3) is 0 Å². The van der Waals surface area contributed by atoms with Crippen LogP contribution in [0, 0.1) is 11.8 Å². The van der Waals surface area contributed by atoms with Crippen molar-refractivity contribution in [1.29, 1.82) is 0 Å². The van der Waals surface area contributed by atoms with Crippen molar-refractivity contribution in [2.45, 2.75) is 273 Å². The van der Waals surface area contributed by atoms with Crippen molar-refractivity contribution >= 4 is 45.7 Å². The van der Waals surface area contributed by atoms with Crippen LogP contribution in [-0.2, 0) is 28.7 Å². The summed E-state index contributed by atoms with van der Waals surface area (Å²) in [6.45, 7) is 14.0. The molecule has 0 rings (SSSR count). The van der Waals surface area contributed by atoms with Gasteiger partial charge in [-0.05, 0) is 44.1 Å². The van der Waals surface area contributed by atoms with Crippen molar-refractivity contribution in [3.63, 3.8) is 0 Å². The molecular weight excluding hydrogens is 833 g/mol. The molecule has 0 aliphatic carbocycles. The fraction of sp³-hybridized carbons (Fsp3) is 0.857. The second-order valence-electron chi connectivity index (χ2n) is 18.8. The van der Waals surface area contributed by atoms with Gasteiger partial charge in [-0.2, -0.15) is 0 Å². The Labute approximate surface area is 406 Å². The van der Waals surface area contributed by atoms with Crippen LogP contribution in [0.2, 0.25) is 0 Å². The lowest BCUT2D eigenvalue weighted by Crippen LogP contribution is -2.09. The first-order chi connectivity index (χ1) is 31.2. The summed E-state index contributed by atoms with van der Waals surface area (Å²) in [4.78, 5) is 46.9. The van der Waals surface area contributed by atoms with Crippen molar-refractivity contribution in [3.8, 4) is 0 Å². The number of ether oxygens (including phenoxy) is 2. The summed E-state index contributed by atoms with van der Waals surface area (Å²) in [6.07, 6.45) is 52.2. The van der Waals surface area contributed by atoms with Gasteiger partial charge in [0.1, 0.15) is 0 Å². The Morgan fingerprint density at radius 2 is 0.781 bits per heavy atom. The molecule has 0 radical (unpaired) electrons. The fourth-order valence-electron chi connectivity index (χ4n) is 7.82. The van der Waals surface area contributed by atoms with E-state index in [1.54, 1.807) is 6.08 Å². The normalized spacial score (nSPS) is 11.9. The highest BCUT2D eigenvalue weighted by molar-refractivity contribution is 8.14. The third kappa shape index (κ3) is 56.6. The molecule has 1 atom stereocenters. The molecular formula is C56H104O6S2. The lowest BCUT2D eigenvalue weighted by atomic mass is 9.97. The van der Waals surface area contributed by atoms with Crippen molar-refractivity contribution < 1.29 is 28.7 Å². The largest absolute Gasteiger partial charge is 0.466 e. The highest BCUT2D eigenvalue weighted by atomic mass is 32.2. The number of carbonyl (C=O) groups is 4. The molecule has 0 amide bonds. The molecule has 0 saturated carbocycles. The molecule has 0 saturated heterocycles. The molecule has 376 valence electrons. The van der Waals surface area contributed by atoms with Gasteiger partial charge in [0.2, 0.25) is 5.12 Å². The Morgan fingerprint density at radius 3 is 1.11 bits per heavy atom. The minimum absolute atomic E-state index is 0.0243. The van der Waals surface area contributed by atoms with Gasteiger partial charge in [-0.15, -0.1) is 0 Å². The second-order valence-corrected chi connectivity index (χ2v) is 21.0. The summed E-state index contributed by atoms with van der Waals surface area (Å²) in [5.41, 5.74) is 0. The average Bonchev–Trinajstić information content (AvgIpc) is 3.25. The Bertz CT molecular complexity index is 1090. The molecule has 0 aromatic rings. The molecule has 0 fully saturated rings. The van der Waals surface area contributed by atoms with Gasteiger partial charge >= 0.3 is 11.9 Å². The summed E-state index contributed by atoms with van der Waals surface area (Å²) in [5.74, 6) is 1.72. The van der Waals surface area contributed by atoms with E-state index in [9.17, 15) is 19.2 Å². The first kappa shape index (κ1) is 64.5. The molecule has 0 bridgehead atoms. The SMILES string of the molecule is C/C=C/C=C/C(=O)SCCC(=O)OCCCCCCCCCCCCCCCCCC.CCCCCCCCCCCCCCCCCCOC(=O)CCSC(=O)CC(C)CC(C)C. The number of esters is 2. The molecule has 0 aromatic carbocycles. The van der Waals surface area contributed by atoms with Gasteiger partial charge in [-0.25, -0.2) is 0 Å².